The van der Waals surface area contributed by atoms with Gasteiger partial charge in [-0.25, -0.2) is 0 Å². The van der Waals surface area contributed by atoms with E-state index in [1.807, 2.05) is 37.5 Å². The third kappa shape index (κ3) is 2.15. The summed E-state index contributed by atoms with van der Waals surface area (Å²) < 4.78 is 2.64. The molecule has 19 heavy (non-hydrogen) atoms. The van der Waals surface area contributed by atoms with E-state index in [4.69, 9.17) is 0 Å². The van der Waals surface area contributed by atoms with E-state index >= 15 is 0 Å². The number of fused-ring (bicyclic) bond motifs is 1. The number of aromatic nitrogens is 3. The van der Waals surface area contributed by atoms with Crippen LogP contribution in [0.1, 0.15) is 17.2 Å². The zero-order valence-corrected chi connectivity index (χ0v) is 11.9. The smallest absolute Gasteiger partial charge is 0.109 e. The molecule has 2 aromatic heterocycles. The minimum atomic E-state index is -0.723. The number of aliphatic hydroxyl groups is 1. The molecule has 3 rings (SSSR count). The van der Waals surface area contributed by atoms with Crippen LogP contribution in [0.4, 0.5) is 0 Å². The summed E-state index contributed by atoms with van der Waals surface area (Å²) in [5.41, 5.74) is 2.34. The monoisotopic (exact) mass is 317 g/mol. The molecule has 0 aliphatic rings. The van der Waals surface area contributed by atoms with Crippen LogP contribution in [0.3, 0.4) is 0 Å². The highest BCUT2D eigenvalue weighted by atomic mass is 79.9. The van der Waals surface area contributed by atoms with Gasteiger partial charge in [0.1, 0.15) is 6.10 Å². The Kier molecular flexibility index (Phi) is 3.08. The Bertz CT molecular complexity index is 738. The molecule has 1 unspecified atom stereocenters. The number of pyridine rings is 1. The zero-order valence-electron chi connectivity index (χ0n) is 10.3. The lowest BCUT2D eigenvalue weighted by atomic mass is 10.0. The van der Waals surface area contributed by atoms with E-state index in [1.165, 1.54) is 0 Å². The number of rotatable bonds is 2. The van der Waals surface area contributed by atoms with Gasteiger partial charge in [-0.15, -0.1) is 0 Å². The molecule has 96 valence electrons. The van der Waals surface area contributed by atoms with E-state index in [0.29, 0.717) is 0 Å². The molecule has 0 saturated carbocycles. The summed E-state index contributed by atoms with van der Waals surface area (Å²) in [6.45, 7) is 0. The molecule has 0 radical (unpaired) electrons. The molecular weight excluding hydrogens is 306 g/mol. The number of hydrogen-bond acceptors (Lipinski definition) is 3. The fourth-order valence-corrected chi connectivity index (χ4v) is 2.59. The second-order valence-electron chi connectivity index (χ2n) is 4.39. The lowest BCUT2D eigenvalue weighted by molar-refractivity contribution is 0.221. The van der Waals surface area contributed by atoms with E-state index in [1.54, 1.807) is 17.1 Å². The van der Waals surface area contributed by atoms with Crippen molar-refractivity contribution in [1.82, 2.24) is 14.8 Å². The molecule has 0 spiro atoms. The maximum Gasteiger partial charge on any atom is 0.109 e. The SMILES string of the molecule is Cn1cc(C(O)c2ccc(Br)c3cccnc23)cn1. The van der Waals surface area contributed by atoms with Gasteiger partial charge in [0.2, 0.25) is 0 Å². The van der Waals surface area contributed by atoms with Crippen LogP contribution in [0, 0.1) is 0 Å². The third-order valence-corrected chi connectivity index (χ3v) is 3.77. The molecule has 0 aliphatic heterocycles. The van der Waals surface area contributed by atoms with Crippen LogP contribution in [0.5, 0.6) is 0 Å². The molecule has 0 amide bonds. The Morgan fingerprint density at radius 1 is 1.32 bits per heavy atom. The maximum atomic E-state index is 10.5. The Balaban J connectivity index is 2.18. The van der Waals surface area contributed by atoms with Crippen LogP contribution in [0.25, 0.3) is 10.9 Å². The summed E-state index contributed by atoms with van der Waals surface area (Å²) in [6, 6.07) is 7.68. The molecule has 1 N–H and O–H groups in total. The predicted octanol–water partition coefficient (Wildman–Crippen LogP) is 2.81. The molecule has 1 aromatic carbocycles. The number of aryl methyl sites for hydroxylation is 1. The van der Waals surface area contributed by atoms with Gasteiger partial charge >= 0.3 is 0 Å². The number of halogens is 1. The van der Waals surface area contributed by atoms with Crippen molar-refractivity contribution in [2.45, 2.75) is 6.10 Å². The van der Waals surface area contributed by atoms with E-state index in [0.717, 1.165) is 26.5 Å². The quantitative estimate of drug-likeness (QED) is 0.790. The van der Waals surface area contributed by atoms with Gasteiger partial charge in [-0.2, -0.15) is 5.10 Å². The van der Waals surface area contributed by atoms with Gasteiger partial charge in [-0.3, -0.25) is 9.67 Å². The topological polar surface area (TPSA) is 50.9 Å². The van der Waals surface area contributed by atoms with Crippen molar-refractivity contribution in [3.63, 3.8) is 0 Å². The van der Waals surface area contributed by atoms with Gasteiger partial charge in [0, 0.05) is 40.4 Å². The molecule has 4 nitrogen and oxygen atoms in total. The largest absolute Gasteiger partial charge is 0.383 e. The van der Waals surface area contributed by atoms with E-state index in [2.05, 4.69) is 26.0 Å². The highest BCUT2D eigenvalue weighted by Crippen LogP contribution is 2.31. The second-order valence-corrected chi connectivity index (χ2v) is 5.24. The van der Waals surface area contributed by atoms with E-state index in [9.17, 15) is 5.11 Å². The molecule has 0 saturated heterocycles. The summed E-state index contributed by atoms with van der Waals surface area (Å²) >= 11 is 3.50. The van der Waals surface area contributed by atoms with Crippen molar-refractivity contribution in [2.24, 2.45) is 7.05 Å². The Hall–Kier alpha value is -1.72. The first-order chi connectivity index (χ1) is 9.16. The van der Waals surface area contributed by atoms with Crippen LogP contribution in [-0.4, -0.2) is 19.9 Å². The van der Waals surface area contributed by atoms with Crippen molar-refractivity contribution >= 4 is 26.8 Å². The second kappa shape index (κ2) is 4.75. The zero-order chi connectivity index (χ0) is 13.4. The summed E-state index contributed by atoms with van der Waals surface area (Å²) in [7, 11) is 1.83. The number of hydrogen-bond donors (Lipinski definition) is 1. The van der Waals surface area contributed by atoms with E-state index in [-0.39, 0.29) is 0 Å². The van der Waals surface area contributed by atoms with Gasteiger partial charge in [-0.1, -0.05) is 28.1 Å². The first kappa shape index (κ1) is 12.3. The summed E-state index contributed by atoms with van der Waals surface area (Å²) in [6.07, 6.45) is 4.48. The summed E-state index contributed by atoms with van der Waals surface area (Å²) in [5.74, 6) is 0. The van der Waals surface area contributed by atoms with Crippen LogP contribution in [0.15, 0.2) is 47.3 Å². The molecule has 1 atom stereocenters. The van der Waals surface area contributed by atoms with Crippen LogP contribution in [0.2, 0.25) is 0 Å². The number of nitrogens with zero attached hydrogens (tertiary/aromatic N) is 3. The average Bonchev–Trinajstić information content (AvgIpc) is 2.86. The molecule has 0 fully saturated rings. The first-order valence-electron chi connectivity index (χ1n) is 5.86. The summed E-state index contributed by atoms with van der Waals surface area (Å²) in [4.78, 5) is 4.38. The lowest BCUT2D eigenvalue weighted by Crippen LogP contribution is -2.00. The highest BCUT2D eigenvalue weighted by Gasteiger charge is 2.16. The Labute approximate surface area is 118 Å². The molecule has 0 bridgehead atoms. The molecule has 3 aromatic rings. The van der Waals surface area contributed by atoms with Gasteiger partial charge < -0.3 is 5.11 Å². The average molecular weight is 318 g/mol. The van der Waals surface area contributed by atoms with Crippen molar-refractivity contribution < 1.29 is 5.11 Å². The fraction of sp³-hybridized carbons (Fsp3) is 0.143. The molecule has 5 heteroatoms. The van der Waals surface area contributed by atoms with Gasteiger partial charge in [-0.05, 0) is 12.1 Å². The van der Waals surface area contributed by atoms with Gasteiger partial charge in [0.25, 0.3) is 0 Å². The fourth-order valence-electron chi connectivity index (χ4n) is 2.14. The highest BCUT2D eigenvalue weighted by molar-refractivity contribution is 9.10. The predicted molar refractivity (Wildman–Crippen MR) is 76.7 cm³/mol. The Morgan fingerprint density at radius 3 is 2.89 bits per heavy atom. The minimum absolute atomic E-state index is 0.723. The van der Waals surface area contributed by atoms with Crippen molar-refractivity contribution in [3.8, 4) is 0 Å². The molecular formula is C14H12BrN3O. The van der Waals surface area contributed by atoms with Gasteiger partial charge in [0.05, 0.1) is 11.7 Å². The molecule has 2 heterocycles. The van der Waals surface area contributed by atoms with Gasteiger partial charge in [0.15, 0.2) is 0 Å². The van der Waals surface area contributed by atoms with Crippen molar-refractivity contribution in [1.29, 1.82) is 0 Å². The number of benzene rings is 1. The number of aliphatic hydroxyl groups excluding tert-OH is 1. The summed E-state index contributed by atoms with van der Waals surface area (Å²) in [5, 5.41) is 15.6. The minimum Gasteiger partial charge on any atom is -0.383 e. The van der Waals surface area contributed by atoms with Crippen LogP contribution >= 0.6 is 15.9 Å². The normalized spacial score (nSPS) is 12.8. The van der Waals surface area contributed by atoms with Crippen LogP contribution in [-0.2, 0) is 7.05 Å². The lowest BCUT2D eigenvalue weighted by Gasteiger charge is -2.12. The van der Waals surface area contributed by atoms with Crippen LogP contribution < -0.4 is 0 Å². The van der Waals surface area contributed by atoms with Crippen molar-refractivity contribution in [2.75, 3.05) is 0 Å². The van der Waals surface area contributed by atoms with Crippen molar-refractivity contribution in [3.05, 3.63) is 58.5 Å². The standard InChI is InChI=1S/C14H12BrN3O/c1-18-8-9(7-17-18)14(19)11-4-5-12(15)10-3-2-6-16-13(10)11/h2-8,14,19H,1H3. The maximum absolute atomic E-state index is 10.5. The molecule has 0 aliphatic carbocycles. The third-order valence-electron chi connectivity index (χ3n) is 3.08. The first-order valence-corrected chi connectivity index (χ1v) is 6.66. The van der Waals surface area contributed by atoms with E-state index < -0.39 is 6.10 Å². The Morgan fingerprint density at radius 2 is 2.16 bits per heavy atom.